The average Bonchev–Trinajstić information content (AvgIpc) is 3.15. The highest BCUT2D eigenvalue weighted by Crippen LogP contribution is 2.41. The van der Waals surface area contributed by atoms with Crippen LogP contribution >= 0.6 is 23.2 Å². The molecule has 7 heteroatoms. The Bertz CT molecular complexity index is 862. The molecule has 1 heterocycles. The van der Waals surface area contributed by atoms with E-state index in [4.69, 9.17) is 27.9 Å². The first-order valence-electron chi connectivity index (χ1n) is 8.83. The summed E-state index contributed by atoms with van der Waals surface area (Å²) in [5, 5.41) is 11.7. The lowest BCUT2D eigenvalue weighted by molar-refractivity contribution is 0.0484. The van der Waals surface area contributed by atoms with Crippen molar-refractivity contribution in [3.05, 3.63) is 63.6 Å². The van der Waals surface area contributed by atoms with Crippen LogP contribution in [0.1, 0.15) is 17.2 Å². The third-order valence-corrected chi connectivity index (χ3v) is 5.76. The molecule has 0 radical (unpaired) electrons. The van der Waals surface area contributed by atoms with Crippen LogP contribution in [0.5, 0.6) is 0 Å². The number of para-hydroxylation sites is 1. The number of likely N-dealkylation sites (N-methyl/N-ethyl adjacent to an activating group) is 1. The van der Waals surface area contributed by atoms with Crippen molar-refractivity contribution in [2.24, 2.45) is 0 Å². The standard InChI is InChI=1S/C20H20Cl2N2O3/c1-23(19-16-7-12(21)8-17(22)15(16)9-18(19)25)10-14-11-24(20(26)27-14)13-5-3-2-4-6-13/h2-8,14,18-19,25H,9-11H2,1H3/t14-,18+,19+/m1/s1. The molecule has 0 bridgehead atoms. The molecular formula is C20H20Cl2N2O3. The normalized spacial score (nSPS) is 24.4. The average molecular weight is 407 g/mol. The minimum absolute atomic E-state index is 0.235. The van der Waals surface area contributed by atoms with Gasteiger partial charge in [0.05, 0.1) is 18.7 Å². The van der Waals surface area contributed by atoms with E-state index in [2.05, 4.69) is 0 Å². The second-order valence-corrected chi connectivity index (χ2v) is 7.91. The topological polar surface area (TPSA) is 53.0 Å². The molecule has 2 aliphatic rings. The van der Waals surface area contributed by atoms with Crippen molar-refractivity contribution in [1.82, 2.24) is 4.90 Å². The SMILES string of the molecule is CN(C[C@@H]1CN(c2ccccc2)C(=O)O1)[C@H]1c2cc(Cl)cc(Cl)c2C[C@@H]1O. The van der Waals surface area contributed by atoms with Crippen molar-refractivity contribution in [3.63, 3.8) is 0 Å². The van der Waals surface area contributed by atoms with Crippen molar-refractivity contribution >= 4 is 35.0 Å². The van der Waals surface area contributed by atoms with Crippen LogP contribution in [-0.4, -0.2) is 48.4 Å². The van der Waals surface area contributed by atoms with E-state index in [-0.39, 0.29) is 18.2 Å². The number of carbonyl (C=O) groups is 1. The first kappa shape index (κ1) is 18.6. The number of aliphatic hydroxyl groups excluding tert-OH is 1. The smallest absolute Gasteiger partial charge is 0.414 e. The molecule has 1 aliphatic heterocycles. The van der Waals surface area contributed by atoms with Gasteiger partial charge >= 0.3 is 6.09 Å². The number of fused-ring (bicyclic) bond motifs is 1. The number of benzene rings is 2. The van der Waals surface area contributed by atoms with Crippen LogP contribution in [-0.2, 0) is 11.2 Å². The molecule has 0 aromatic heterocycles. The van der Waals surface area contributed by atoms with Crippen LogP contribution in [0.2, 0.25) is 10.0 Å². The molecule has 1 aliphatic carbocycles. The van der Waals surface area contributed by atoms with Gasteiger partial charge in [0.2, 0.25) is 0 Å². The zero-order valence-corrected chi connectivity index (χ0v) is 16.3. The predicted molar refractivity (Wildman–Crippen MR) is 106 cm³/mol. The number of amides is 1. The van der Waals surface area contributed by atoms with E-state index >= 15 is 0 Å². The highest BCUT2D eigenvalue weighted by Gasteiger charge is 2.39. The molecule has 1 fully saturated rings. The molecule has 3 atom stereocenters. The predicted octanol–water partition coefficient (Wildman–Crippen LogP) is 3.91. The van der Waals surface area contributed by atoms with Crippen molar-refractivity contribution in [3.8, 4) is 0 Å². The van der Waals surface area contributed by atoms with Crippen LogP contribution in [0, 0.1) is 0 Å². The third-order valence-electron chi connectivity index (χ3n) is 5.20. The highest BCUT2D eigenvalue weighted by molar-refractivity contribution is 6.35. The minimum atomic E-state index is -0.580. The van der Waals surface area contributed by atoms with E-state index in [1.54, 1.807) is 11.0 Å². The summed E-state index contributed by atoms with van der Waals surface area (Å²) in [6, 6.07) is 12.8. The van der Waals surface area contributed by atoms with Gasteiger partial charge in [0.15, 0.2) is 0 Å². The fourth-order valence-corrected chi connectivity index (χ4v) is 4.62. The summed E-state index contributed by atoms with van der Waals surface area (Å²) < 4.78 is 5.54. The minimum Gasteiger partial charge on any atom is -0.443 e. The van der Waals surface area contributed by atoms with Gasteiger partial charge in [-0.2, -0.15) is 0 Å². The summed E-state index contributed by atoms with van der Waals surface area (Å²) >= 11 is 12.5. The van der Waals surface area contributed by atoms with Crippen molar-refractivity contribution in [2.45, 2.75) is 24.7 Å². The summed E-state index contributed by atoms with van der Waals surface area (Å²) in [5.74, 6) is 0. The number of anilines is 1. The monoisotopic (exact) mass is 406 g/mol. The molecule has 142 valence electrons. The van der Waals surface area contributed by atoms with E-state index in [0.29, 0.717) is 29.6 Å². The largest absolute Gasteiger partial charge is 0.443 e. The van der Waals surface area contributed by atoms with Gasteiger partial charge in [-0.25, -0.2) is 4.79 Å². The Balaban J connectivity index is 1.49. The summed E-state index contributed by atoms with van der Waals surface area (Å²) in [5.41, 5.74) is 2.68. The zero-order chi connectivity index (χ0) is 19.1. The maximum Gasteiger partial charge on any atom is 0.414 e. The Kier molecular flexibility index (Phi) is 5.03. The van der Waals surface area contributed by atoms with E-state index in [9.17, 15) is 9.90 Å². The Hall–Kier alpha value is -1.79. The van der Waals surface area contributed by atoms with Crippen LogP contribution < -0.4 is 4.90 Å². The fraction of sp³-hybridized carbons (Fsp3) is 0.350. The number of rotatable bonds is 4. The maximum absolute atomic E-state index is 12.2. The molecule has 2 aromatic rings. The molecule has 1 amide bonds. The van der Waals surface area contributed by atoms with E-state index < -0.39 is 6.10 Å². The van der Waals surface area contributed by atoms with Gasteiger partial charge in [-0.05, 0) is 42.4 Å². The number of cyclic esters (lactones) is 1. The molecule has 4 rings (SSSR count). The summed E-state index contributed by atoms with van der Waals surface area (Å²) in [7, 11) is 1.91. The first-order valence-corrected chi connectivity index (χ1v) is 9.59. The van der Waals surface area contributed by atoms with Crippen LogP contribution in [0.25, 0.3) is 0 Å². The summed E-state index contributed by atoms with van der Waals surface area (Å²) in [4.78, 5) is 15.9. The van der Waals surface area contributed by atoms with E-state index in [0.717, 1.165) is 16.8 Å². The summed E-state index contributed by atoms with van der Waals surface area (Å²) in [6.07, 6.45) is -0.726. The second-order valence-electron chi connectivity index (χ2n) is 7.06. The lowest BCUT2D eigenvalue weighted by atomic mass is 10.1. The number of carbonyl (C=O) groups excluding carboxylic acids is 1. The Morgan fingerprint density at radius 2 is 2.00 bits per heavy atom. The van der Waals surface area contributed by atoms with Crippen molar-refractivity contribution < 1.29 is 14.6 Å². The van der Waals surface area contributed by atoms with Gasteiger partial charge in [-0.15, -0.1) is 0 Å². The van der Waals surface area contributed by atoms with Crippen LogP contribution in [0.3, 0.4) is 0 Å². The molecule has 5 nitrogen and oxygen atoms in total. The molecule has 2 aromatic carbocycles. The van der Waals surface area contributed by atoms with Crippen molar-refractivity contribution in [2.75, 3.05) is 25.0 Å². The number of hydrogen-bond acceptors (Lipinski definition) is 4. The Morgan fingerprint density at radius 1 is 1.26 bits per heavy atom. The number of nitrogens with zero attached hydrogens (tertiary/aromatic N) is 2. The number of halogens is 2. The molecule has 27 heavy (non-hydrogen) atoms. The van der Waals surface area contributed by atoms with E-state index in [1.807, 2.05) is 48.3 Å². The van der Waals surface area contributed by atoms with E-state index in [1.165, 1.54) is 0 Å². The lowest BCUT2D eigenvalue weighted by Gasteiger charge is -2.29. The lowest BCUT2D eigenvalue weighted by Crippen LogP contribution is -2.38. The van der Waals surface area contributed by atoms with Gasteiger partial charge in [0, 0.05) is 28.7 Å². The number of aliphatic hydroxyl groups is 1. The van der Waals surface area contributed by atoms with Gasteiger partial charge < -0.3 is 9.84 Å². The van der Waals surface area contributed by atoms with Gasteiger partial charge in [0.1, 0.15) is 6.10 Å². The van der Waals surface area contributed by atoms with Gasteiger partial charge in [0.25, 0.3) is 0 Å². The molecule has 0 spiro atoms. The number of ether oxygens (including phenoxy) is 1. The zero-order valence-electron chi connectivity index (χ0n) is 14.8. The Labute approximate surface area is 168 Å². The molecular weight excluding hydrogens is 387 g/mol. The molecule has 0 unspecified atom stereocenters. The number of hydrogen-bond donors (Lipinski definition) is 1. The third kappa shape index (κ3) is 3.52. The summed E-state index contributed by atoms with van der Waals surface area (Å²) in [6.45, 7) is 0.972. The molecule has 1 saturated heterocycles. The van der Waals surface area contributed by atoms with Gasteiger partial charge in [-0.1, -0.05) is 41.4 Å². The van der Waals surface area contributed by atoms with Crippen LogP contribution in [0.15, 0.2) is 42.5 Å². The van der Waals surface area contributed by atoms with Crippen LogP contribution in [0.4, 0.5) is 10.5 Å². The van der Waals surface area contributed by atoms with Crippen molar-refractivity contribution in [1.29, 1.82) is 0 Å². The maximum atomic E-state index is 12.2. The van der Waals surface area contributed by atoms with Gasteiger partial charge in [-0.3, -0.25) is 9.80 Å². The molecule has 0 saturated carbocycles. The molecule has 1 N–H and O–H groups in total. The quantitative estimate of drug-likeness (QED) is 0.835. The Morgan fingerprint density at radius 3 is 2.74 bits per heavy atom. The second kappa shape index (κ2) is 7.32. The first-order chi connectivity index (χ1) is 12.9. The fourth-order valence-electron chi connectivity index (χ4n) is 4.03. The highest BCUT2D eigenvalue weighted by atomic mass is 35.5.